The highest BCUT2D eigenvalue weighted by Gasteiger charge is 2.45. The van der Waals surface area contributed by atoms with E-state index >= 15 is 0 Å². The lowest BCUT2D eigenvalue weighted by molar-refractivity contribution is -0.139. The number of carbonyl (C=O) groups is 2. The quantitative estimate of drug-likeness (QED) is 0.302. The van der Waals surface area contributed by atoms with Crippen LogP contribution in [-0.4, -0.2) is 44.9 Å². The zero-order chi connectivity index (χ0) is 22.7. The molecule has 7 nitrogen and oxygen atoms in total. The number of benzene rings is 2. The normalized spacial score (nSPS) is 17.7. The average Bonchev–Trinajstić information content (AvgIpc) is 3.41. The number of methoxy groups -OCH3 is 1. The van der Waals surface area contributed by atoms with Gasteiger partial charge in [-0.25, -0.2) is 4.98 Å². The topological polar surface area (TPSA) is 84.7 Å². The molecule has 0 radical (unpaired) electrons. The third-order valence-electron chi connectivity index (χ3n) is 5.46. The van der Waals surface area contributed by atoms with Gasteiger partial charge in [0, 0.05) is 35.5 Å². The van der Waals surface area contributed by atoms with Crippen molar-refractivity contribution < 1.29 is 19.4 Å². The Morgan fingerprint density at radius 3 is 2.44 bits per heavy atom. The maximum atomic E-state index is 13.0. The van der Waals surface area contributed by atoms with Crippen LogP contribution < -0.4 is 4.74 Å². The van der Waals surface area contributed by atoms with Gasteiger partial charge in [-0.2, -0.15) is 0 Å². The van der Waals surface area contributed by atoms with Gasteiger partial charge in [-0.15, -0.1) is 0 Å². The van der Waals surface area contributed by atoms with Crippen molar-refractivity contribution in [2.24, 2.45) is 0 Å². The lowest BCUT2D eigenvalue weighted by Crippen LogP contribution is -2.31. The molecule has 0 unspecified atom stereocenters. The van der Waals surface area contributed by atoms with Crippen LogP contribution in [0, 0.1) is 0 Å². The summed E-state index contributed by atoms with van der Waals surface area (Å²) in [6.07, 6.45) is 5.89. The summed E-state index contributed by atoms with van der Waals surface area (Å²) in [7, 11) is 1.57. The number of hydrogen-bond acceptors (Lipinski definition) is 5. The SMILES string of the molecule is COc1ccc([C@H]2C(=C(O)c3ccc(Br)cc3)C(=O)C(=O)N2CCCn2ccnc2)cc1. The van der Waals surface area contributed by atoms with Crippen molar-refractivity contribution in [2.45, 2.75) is 19.0 Å². The third kappa shape index (κ3) is 4.31. The fourth-order valence-electron chi connectivity index (χ4n) is 3.85. The van der Waals surface area contributed by atoms with Gasteiger partial charge in [0.2, 0.25) is 0 Å². The van der Waals surface area contributed by atoms with Crippen LogP contribution in [0.1, 0.15) is 23.6 Å². The summed E-state index contributed by atoms with van der Waals surface area (Å²) < 4.78 is 8.01. The Kier molecular flexibility index (Phi) is 6.41. The molecule has 8 heteroatoms. The second-order valence-electron chi connectivity index (χ2n) is 7.43. The first-order valence-electron chi connectivity index (χ1n) is 10.1. The fraction of sp³-hybridized carbons (Fsp3) is 0.208. The van der Waals surface area contributed by atoms with Crippen molar-refractivity contribution in [3.63, 3.8) is 0 Å². The number of aryl methyl sites for hydroxylation is 1. The number of amides is 1. The van der Waals surface area contributed by atoms with Crippen LogP contribution in [0.3, 0.4) is 0 Å². The molecule has 1 atom stereocenters. The summed E-state index contributed by atoms with van der Waals surface area (Å²) >= 11 is 3.37. The number of rotatable bonds is 7. The Hall–Kier alpha value is -3.39. The van der Waals surface area contributed by atoms with E-state index < -0.39 is 17.7 Å². The van der Waals surface area contributed by atoms with Gasteiger partial charge in [-0.3, -0.25) is 9.59 Å². The van der Waals surface area contributed by atoms with Gasteiger partial charge < -0.3 is 19.3 Å². The molecule has 0 bridgehead atoms. The Morgan fingerprint density at radius 2 is 1.81 bits per heavy atom. The van der Waals surface area contributed by atoms with Gasteiger partial charge in [0.05, 0.1) is 25.1 Å². The summed E-state index contributed by atoms with van der Waals surface area (Å²) in [5.74, 6) is -0.823. The average molecular weight is 496 g/mol. The number of halogens is 1. The Bertz CT molecular complexity index is 1140. The van der Waals surface area contributed by atoms with Crippen molar-refractivity contribution in [3.8, 4) is 5.75 Å². The Morgan fingerprint density at radius 1 is 1.09 bits per heavy atom. The maximum Gasteiger partial charge on any atom is 0.295 e. The first-order chi connectivity index (χ1) is 15.5. The fourth-order valence-corrected chi connectivity index (χ4v) is 4.11. The molecule has 4 rings (SSSR count). The maximum absolute atomic E-state index is 13.0. The second kappa shape index (κ2) is 9.40. The highest BCUT2D eigenvalue weighted by Crippen LogP contribution is 2.40. The molecule has 1 fully saturated rings. The Balaban J connectivity index is 1.72. The highest BCUT2D eigenvalue weighted by atomic mass is 79.9. The molecule has 0 aliphatic carbocycles. The van der Waals surface area contributed by atoms with E-state index in [-0.39, 0.29) is 11.3 Å². The molecule has 2 aromatic carbocycles. The summed E-state index contributed by atoms with van der Waals surface area (Å²) in [4.78, 5) is 31.6. The minimum absolute atomic E-state index is 0.0881. The largest absolute Gasteiger partial charge is 0.507 e. The predicted molar refractivity (Wildman–Crippen MR) is 123 cm³/mol. The minimum atomic E-state index is -0.688. The molecule has 2 heterocycles. The van der Waals surface area contributed by atoms with E-state index in [0.29, 0.717) is 30.8 Å². The van der Waals surface area contributed by atoms with Crippen molar-refractivity contribution >= 4 is 33.4 Å². The lowest BCUT2D eigenvalue weighted by atomic mass is 9.95. The van der Waals surface area contributed by atoms with Crippen LogP contribution in [0.5, 0.6) is 5.75 Å². The second-order valence-corrected chi connectivity index (χ2v) is 8.34. The van der Waals surface area contributed by atoms with Gasteiger partial charge in [-0.05, 0) is 36.2 Å². The molecule has 1 N–H and O–H groups in total. The van der Waals surface area contributed by atoms with E-state index in [1.807, 2.05) is 22.9 Å². The van der Waals surface area contributed by atoms with Crippen molar-refractivity contribution in [2.75, 3.05) is 13.7 Å². The van der Waals surface area contributed by atoms with Crippen LogP contribution >= 0.6 is 15.9 Å². The number of nitrogens with zero attached hydrogens (tertiary/aromatic N) is 3. The van der Waals surface area contributed by atoms with E-state index in [1.54, 1.807) is 56.0 Å². The summed E-state index contributed by atoms with van der Waals surface area (Å²) in [6.45, 7) is 1.02. The van der Waals surface area contributed by atoms with E-state index in [4.69, 9.17) is 4.74 Å². The number of aliphatic hydroxyl groups excluding tert-OH is 1. The molecule has 3 aromatic rings. The number of hydrogen-bond donors (Lipinski definition) is 1. The predicted octanol–water partition coefficient (Wildman–Crippen LogP) is 4.17. The first kappa shape index (κ1) is 21.8. The summed E-state index contributed by atoms with van der Waals surface area (Å²) in [5, 5.41) is 11.1. The van der Waals surface area contributed by atoms with Crippen molar-refractivity contribution in [1.29, 1.82) is 0 Å². The number of ether oxygens (including phenoxy) is 1. The third-order valence-corrected chi connectivity index (χ3v) is 5.99. The highest BCUT2D eigenvalue weighted by molar-refractivity contribution is 9.10. The van der Waals surface area contributed by atoms with Gasteiger partial charge >= 0.3 is 0 Å². The lowest BCUT2D eigenvalue weighted by Gasteiger charge is -2.25. The smallest absolute Gasteiger partial charge is 0.295 e. The zero-order valence-electron chi connectivity index (χ0n) is 17.4. The number of imidazole rings is 1. The molecule has 1 aromatic heterocycles. The minimum Gasteiger partial charge on any atom is -0.507 e. The zero-order valence-corrected chi connectivity index (χ0v) is 19.0. The molecule has 1 aliphatic heterocycles. The van der Waals surface area contributed by atoms with E-state index in [2.05, 4.69) is 20.9 Å². The molecular weight excluding hydrogens is 474 g/mol. The van der Waals surface area contributed by atoms with E-state index in [0.717, 1.165) is 10.0 Å². The van der Waals surface area contributed by atoms with E-state index in [1.165, 1.54) is 4.90 Å². The number of likely N-dealkylation sites (tertiary alicyclic amines) is 1. The molecule has 1 aliphatic rings. The first-order valence-corrected chi connectivity index (χ1v) is 10.9. The molecule has 164 valence electrons. The molecule has 32 heavy (non-hydrogen) atoms. The van der Waals surface area contributed by atoms with Gasteiger partial charge in [0.25, 0.3) is 11.7 Å². The summed E-state index contributed by atoms with van der Waals surface area (Å²) in [6, 6.07) is 13.5. The van der Waals surface area contributed by atoms with Crippen LogP contribution in [0.4, 0.5) is 0 Å². The van der Waals surface area contributed by atoms with Crippen LogP contribution in [0.25, 0.3) is 5.76 Å². The number of carbonyl (C=O) groups excluding carboxylic acids is 2. The monoisotopic (exact) mass is 495 g/mol. The van der Waals surface area contributed by atoms with Crippen LogP contribution in [-0.2, 0) is 16.1 Å². The molecular formula is C24H22BrN3O4. The number of aromatic nitrogens is 2. The van der Waals surface area contributed by atoms with Crippen LogP contribution in [0.15, 0.2) is 77.3 Å². The van der Waals surface area contributed by atoms with Crippen LogP contribution in [0.2, 0.25) is 0 Å². The van der Waals surface area contributed by atoms with E-state index in [9.17, 15) is 14.7 Å². The molecule has 1 amide bonds. The van der Waals surface area contributed by atoms with Crippen molar-refractivity contribution in [3.05, 3.63) is 88.4 Å². The number of Topliss-reactive ketones (excluding diaryl/α,β-unsaturated/α-hetero) is 1. The van der Waals surface area contributed by atoms with Crippen molar-refractivity contribution in [1.82, 2.24) is 14.5 Å². The van der Waals surface area contributed by atoms with Gasteiger partial charge in [0.1, 0.15) is 11.5 Å². The molecule has 0 spiro atoms. The number of aliphatic hydroxyl groups is 1. The standard InChI is InChI=1S/C24H22BrN3O4/c1-32-19-9-5-16(6-10-19)21-20(22(29)17-3-7-18(25)8-4-17)23(30)24(31)28(21)13-2-12-27-14-11-26-15-27/h3-11,14-15,21,29H,2,12-13H2,1H3/t21-/m0/s1. The Labute approximate surface area is 194 Å². The van der Waals surface area contributed by atoms with Gasteiger partial charge in [-0.1, -0.05) is 40.2 Å². The molecule has 0 saturated carbocycles. The summed E-state index contributed by atoms with van der Waals surface area (Å²) in [5.41, 5.74) is 1.29. The number of ketones is 1. The molecule has 1 saturated heterocycles. The van der Waals surface area contributed by atoms with Gasteiger partial charge in [0.15, 0.2) is 0 Å².